The van der Waals surface area contributed by atoms with Crippen LogP contribution in [0.5, 0.6) is 0 Å². The molecule has 1 aromatic rings. The fourth-order valence-corrected chi connectivity index (χ4v) is 9.11. The normalized spacial score (nSPS) is 28.9. The van der Waals surface area contributed by atoms with Crippen LogP contribution in [0.25, 0.3) is 0 Å². The molecular formula is C22H28O3S2. The number of carbonyl (C=O) groups is 2. The monoisotopic (exact) mass is 404 g/mol. The van der Waals surface area contributed by atoms with Crippen LogP contribution in [-0.4, -0.2) is 33.9 Å². The molecule has 3 aliphatic rings. The van der Waals surface area contributed by atoms with Gasteiger partial charge in [0.25, 0.3) is 0 Å². The van der Waals surface area contributed by atoms with Gasteiger partial charge in [0.1, 0.15) is 0 Å². The van der Waals surface area contributed by atoms with Gasteiger partial charge >= 0.3 is 5.97 Å². The highest BCUT2D eigenvalue weighted by molar-refractivity contribution is 8.21. The first-order valence-corrected chi connectivity index (χ1v) is 12.0. The zero-order chi connectivity index (χ0) is 19.0. The number of hydrogen-bond donors (Lipinski definition) is 0. The summed E-state index contributed by atoms with van der Waals surface area (Å²) in [5.74, 6) is 3.45. The van der Waals surface area contributed by atoms with Gasteiger partial charge in [-0.15, -0.1) is 23.5 Å². The van der Waals surface area contributed by atoms with E-state index in [0.29, 0.717) is 21.5 Å². The lowest BCUT2D eigenvalue weighted by Crippen LogP contribution is -2.48. The highest BCUT2D eigenvalue weighted by Gasteiger charge is 2.55. The summed E-state index contributed by atoms with van der Waals surface area (Å²) in [4.78, 5) is 25.3. The maximum atomic E-state index is 12.7. The number of ketones is 1. The van der Waals surface area contributed by atoms with Crippen molar-refractivity contribution in [2.45, 2.75) is 50.0 Å². The minimum Gasteiger partial charge on any atom is -0.457 e. The van der Waals surface area contributed by atoms with E-state index in [2.05, 4.69) is 23.5 Å². The van der Waals surface area contributed by atoms with Gasteiger partial charge in [-0.3, -0.25) is 9.59 Å². The predicted octanol–water partition coefficient (Wildman–Crippen LogP) is 5.03. The second-order valence-electron chi connectivity index (χ2n) is 8.26. The lowest BCUT2D eigenvalue weighted by molar-refractivity contribution is -0.150. The third-order valence-corrected chi connectivity index (χ3v) is 10.5. The molecule has 2 aliphatic carbocycles. The molecule has 2 saturated carbocycles. The molecule has 1 unspecified atom stereocenters. The van der Waals surface area contributed by atoms with E-state index in [1.54, 1.807) is 0 Å². The van der Waals surface area contributed by atoms with Crippen molar-refractivity contribution in [2.24, 2.45) is 17.8 Å². The first kappa shape index (κ1) is 19.4. The zero-order valence-electron chi connectivity index (χ0n) is 16.2. The van der Waals surface area contributed by atoms with Gasteiger partial charge in [0, 0.05) is 17.1 Å². The van der Waals surface area contributed by atoms with E-state index in [-0.39, 0.29) is 24.3 Å². The van der Waals surface area contributed by atoms with Crippen LogP contribution in [-0.2, 0) is 9.53 Å². The van der Waals surface area contributed by atoms with E-state index in [1.165, 1.54) is 30.8 Å². The van der Waals surface area contributed by atoms with Crippen molar-refractivity contribution in [3.8, 4) is 0 Å². The number of carbonyl (C=O) groups excluding carboxylic acids is 2. The molecule has 0 aromatic heterocycles. The van der Waals surface area contributed by atoms with Crippen LogP contribution < -0.4 is 0 Å². The summed E-state index contributed by atoms with van der Waals surface area (Å²) in [7, 11) is 0. The second kappa shape index (κ2) is 7.82. The van der Waals surface area contributed by atoms with Crippen molar-refractivity contribution in [3.63, 3.8) is 0 Å². The predicted molar refractivity (Wildman–Crippen MR) is 112 cm³/mol. The summed E-state index contributed by atoms with van der Waals surface area (Å²) in [5, 5.41) is 0. The highest BCUT2D eigenvalue weighted by Crippen LogP contribution is 2.64. The molecule has 1 spiro atoms. The molecule has 0 radical (unpaired) electrons. The molecule has 146 valence electrons. The topological polar surface area (TPSA) is 43.4 Å². The first-order chi connectivity index (χ1) is 13.0. The number of rotatable bonds is 4. The molecule has 1 heterocycles. The number of Topliss-reactive ketones (excluding diaryl/α,β-unsaturated/α-hetero) is 1. The summed E-state index contributed by atoms with van der Waals surface area (Å²) >= 11 is 4.29. The van der Waals surface area contributed by atoms with Gasteiger partial charge in [-0.2, -0.15) is 0 Å². The summed E-state index contributed by atoms with van der Waals surface area (Å²) < 4.78 is 5.87. The maximum absolute atomic E-state index is 12.7. The van der Waals surface area contributed by atoms with Crippen LogP contribution in [0.15, 0.2) is 18.2 Å². The summed E-state index contributed by atoms with van der Waals surface area (Å²) in [6, 6.07) is 5.83. The van der Waals surface area contributed by atoms with E-state index in [9.17, 15) is 9.59 Å². The van der Waals surface area contributed by atoms with Gasteiger partial charge < -0.3 is 4.74 Å². The van der Waals surface area contributed by atoms with Crippen molar-refractivity contribution >= 4 is 35.3 Å². The first-order valence-electron chi connectivity index (χ1n) is 10.0. The van der Waals surface area contributed by atoms with Crippen LogP contribution in [0.3, 0.4) is 0 Å². The minimum absolute atomic E-state index is 0.0286. The lowest BCUT2D eigenvalue weighted by atomic mass is 9.67. The van der Waals surface area contributed by atoms with Crippen molar-refractivity contribution in [1.29, 1.82) is 0 Å². The molecule has 0 N–H and O–H groups in total. The molecule has 4 rings (SSSR count). The Kier molecular flexibility index (Phi) is 5.62. The Balaban J connectivity index is 1.38. The number of ether oxygens (including phenoxy) is 1. The molecule has 1 saturated heterocycles. The molecule has 0 amide bonds. The molecule has 3 fully saturated rings. The Morgan fingerprint density at radius 1 is 1.11 bits per heavy atom. The van der Waals surface area contributed by atoms with Gasteiger partial charge in [-0.05, 0) is 63.0 Å². The van der Waals surface area contributed by atoms with E-state index < -0.39 is 0 Å². The third-order valence-electron chi connectivity index (χ3n) is 6.49. The summed E-state index contributed by atoms with van der Waals surface area (Å²) in [6.07, 6.45) is 5.65. The fourth-order valence-electron chi connectivity index (χ4n) is 5.17. The third kappa shape index (κ3) is 3.69. The van der Waals surface area contributed by atoms with E-state index >= 15 is 0 Å². The minimum atomic E-state index is -0.159. The van der Waals surface area contributed by atoms with Crippen LogP contribution in [0.1, 0.15) is 53.6 Å². The molecule has 5 heteroatoms. The Hall–Kier alpha value is -0.940. The van der Waals surface area contributed by atoms with Gasteiger partial charge in [-0.25, -0.2) is 0 Å². The lowest BCUT2D eigenvalue weighted by Gasteiger charge is -2.51. The average Bonchev–Trinajstić information content (AvgIpc) is 3.10. The molecule has 1 aliphatic heterocycles. The number of esters is 1. The van der Waals surface area contributed by atoms with Crippen LogP contribution in [0, 0.1) is 31.6 Å². The van der Waals surface area contributed by atoms with Crippen LogP contribution in [0.2, 0.25) is 0 Å². The van der Waals surface area contributed by atoms with Gasteiger partial charge in [0.2, 0.25) is 5.78 Å². The van der Waals surface area contributed by atoms with E-state index in [4.69, 9.17) is 4.74 Å². The smallest absolute Gasteiger partial charge is 0.309 e. The quantitative estimate of drug-likeness (QED) is 0.520. The molecule has 1 aromatic carbocycles. The Bertz CT molecular complexity index is 723. The number of thioether (sulfide) groups is 2. The standard InChI is InChI=1S/C22H28O3S2/c1-14-6-7-15(2)19(10-14)20(23)13-25-21(24)16-11-17-4-3-5-18(12-16)22(17)26-8-9-27-22/h6-7,10,16-18H,3-5,8-9,11-13H2,1-2H3/t16?,17-,18+. The summed E-state index contributed by atoms with van der Waals surface area (Å²) in [5.41, 5.74) is 2.65. The Labute approximate surface area is 170 Å². The van der Waals surface area contributed by atoms with Crippen molar-refractivity contribution in [2.75, 3.05) is 18.1 Å². The molecule has 3 atom stereocenters. The van der Waals surface area contributed by atoms with Crippen molar-refractivity contribution in [1.82, 2.24) is 0 Å². The highest BCUT2D eigenvalue weighted by atomic mass is 32.2. The van der Waals surface area contributed by atoms with E-state index in [0.717, 1.165) is 24.0 Å². The van der Waals surface area contributed by atoms with Crippen LogP contribution in [0.4, 0.5) is 0 Å². The molecule has 27 heavy (non-hydrogen) atoms. The van der Waals surface area contributed by atoms with E-state index in [1.807, 2.05) is 32.0 Å². The number of benzene rings is 1. The molecule has 2 bridgehead atoms. The summed E-state index contributed by atoms with van der Waals surface area (Å²) in [6.45, 7) is 3.76. The largest absolute Gasteiger partial charge is 0.457 e. The average molecular weight is 405 g/mol. The van der Waals surface area contributed by atoms with Gasteiger partial charge in [0.15, 0.2) is 6.61 Å². The van der Waals surface area contributed by atoms with Gasteiger partial charge in [0.05, 0.1) is 10.00 Å². The van der Waals surface area contributed by atoms with Crippen molar-refractivity contribution in [3.05, 3.63) is 34.9 Å². The molecule has 3 nitrogen and oxygen atoms in total. The Morgan fingerprint density at radius 3 is 2.44 bits per heavy atom. The Morgan fingerprint density at radius 2 is 1.78 bits per heavy atom. The van der Waals surface area contributed by atoms with Gasteiger partial charge in [-0.1, -0.05) is 24.1 Å². The number of hydrogen-bond acceptors (Lipinski definition) is 5. The SMILES string of the molecule is Cc1ccc(C)c(C(=O)COC(=O)C2C[C@H]3CCC[C@@H](C2)C32SCCS2)c1. The fraction of sp³-hybridized carbons (Fsp3) is 0.636. The molecular weight excluding hydrogens is 376 g/mol. The number of aryl methyl sites for hydroxylation is 2. The maximum Gasteiger partial charge on any atom is 0.309 e. The zero-order valence-corrected chi connectivity index (χ0v) is 17.8. The van der Waals surface area contributed by atoms with Crippen molar-refractivity contribution < 1.29 is 14.3 Å². The van der Waals surface area contributed by atoms with Crippen LogP contribution >= 0.6 is 23.5 Å². The second-order valence-corrected chi connectivity index (χ2v) is 11.3.